The molecule has 15 heavy (non-hydrogen) atoms. The monoisotopic (exact) mass is 246 g/mol. The Bertz CT molecular complexity index is 375. The quantitative estimate of drug-likeness (QED) is 0.886. The number of carboxylic acid groups (broad SMARTS) is 1. The summed E-state index contributed by atoms with van der Waals surface area (Å²) in [6.45, 7) is 1.54. The van der Waals surface area contributed by atoms with Crippen molar-refractivity contribution >= 4 is 28.4 Å². The summed E-state index contributed by atoms with van der Waals surface area (Å²) >= 11 is 5.68. The van der Waals surface area contributed by atoms with Gasteiger partial charge in [0.2, 0.25) is 0 Å². The topological polar surface area (TPSA) is 54.4 Å². The number of carboxylic acids is 1. The fraction of sp³-hybridized carbons (Fsp3) is 0.300. The summed E-state index contributed by atoms with van der Waals surface area (Å²) in [5.41, 5.74) is 0. The number of carbonyl (C=O) groups is 1. The van der Waals surface area contributed by atoms with Crippen LogP contribution in [0, 0.1) is 5.92 Å². The van der Waals surface area contributed by atoms with Crippen LogP contribution >= 0.6 is 11.6 Å². The fourth-order valence-electron chi connectivity index (χ4n) is 0.981. The lowest BCUT2D eigenvalue weighted by atomic mass is 10.2. The predicted octanol–water partition coefficient (Wildman–Crippen LogP) is 2.17. The highest BCUT2D eigenvalue weighted by Gasteiger charge is 2.15. The van der Waals surface area contributed by atoms with Gasteiger partial charge >= 0.3 is 5.97 Å². The number of halogens is 1. The number of aliphatic carboxylic acids is 1. The van der Waals surface area contributed by atoms with E-state index in [0.717, 1.165) is 0 Å². The van der Waals surface area contributed by atoms with E-state index in [9.17, 15) is 9.00 Å². The molecule has 0 aliphatic carbocycles. The minimum Gasteiger partial charge on any atom is -0.481 e. The smallest absolute Gasteiger partial charge is 0.307 e. The maximum atomic E-state index is 11.7. The Morgan fingerprint density at radius 3 is 2.47 bits per heavy atom. The van der Waals surface area contributed by atoms with Crippen LogP contribution in [0.25, 0.3) is 0 Å². The Kier molecular flexibility index (Phi) is 4.29. The summed E-state index contributed by atoms with van der Waals surface area (Å²) in [6, 6.07) is 6.57. The molecular weight excluding hydrogens is 236 g/mol. The third-order valence-corrected chi connectivity index (χ3v) is 3.75. The third-order valence-electron chi connectivity index (χ3n) is 1.90. The molecule has 5 heteroatoms. The highest BCUT2D eigenvalue weighted by molar-refractivity contribution is 7.85. The second kappa shape index (κ2) is 5.28. The molecule has 1 aromatic carbocycles. The molecule has 2 atom stereocenters. The summed E-state index contributed by atoms with van der Waals surface area (Å²) in [7, 11) is -1.28. The van der Waals surface area contributed by atoms with E-state index < -0.39 is 22.7 Å². The van der Waals surface area contributed by atoms with Crippen molar-refractivity contribution < 1.29 is 14.1 Å². The molecule has 0 bridgehead atoms. The highest BCUT2D eigenvalue weighted by Crippen LogP contribution is 2.14. The van der Waals surface area contributed by atoms with Gasteiger partial charge in [-0.2, -0.15) is 0 Å². The standard InChI is InChI=1S/C10H11ClO3S/c1-7(10(12)13)6-15(14)9-4-2-8(11)3-5-9/h2-5,7H,6H2,1H3,(H,12,13). The Hall–Kier alpha value is -0.870. The molecule has 0 heterocycles. The molecule has 0 saturated carbocycles. The van der Waals surface area contributed by atoms with E-state index in [1.807, 2.05) is 0 Å². The number of hydrogen-bond acceptors (Lipinski definition) is 2. The van der Waals surface area contributed by atoms with Gasteiger partial charge in [0, 0.05) is 15.7 Å². The van der Waals surface area contributed by atoms with Gasteiger partial charge in [-0.3, -0.25) is 9.00 Å². The summed E-state index contributed by atoms with van der Waals surface area (Å²) in [6.07, 6.45) is 0. The van der Waals surface area contributed by atoms with E-state index in [0.29, 0.717) is 9.92 Å². The van der Waals surface area contributed by atoms with Gasteiger partial charge < -0.3 is 5.11 Å². The SMILES string of the molecule is CC(CS(=O)c1ccc(Cl)cc1)C(=O)O. The van der Waals surface area contributed by atoms with Crippen molar-refractivity contribution in [2.24, 2.45) is 5.92 Å². The minimum atomic E-state index is -1.28. The van der Waals surface area contributed by atoms with Crippen molar-refractivity contribution in [3.05, 3.63) is 29.3 Å². The molecule has 0 radical (unpaired) electrons. The van der Waals surface area contributed by atoms with Crippen molar-refractivity contribution in [3.8, 4) is 0 Å². The Morgan fingerprint density at radius 1 is 1.47 bits per heavy atom. The van der Waals surface area contributed by atoms with Crippen LogP contribution in [-0.4, -0.2) is 21.0 Å². The van der Waals surface area contributed by atoms with Crippen LogP contribution in [0.3, 0.4) is 0 Å². The Morgan fingerprint density at radius 2 is 2.00 bits per heavy atom. The molecule has 82 valence electrons. The molecule has 1 aromatic rings. The van der Waals surface area contributed by atoms with Gasteiger partial charge in [0.15, 0.2) is 0 Å². The van der Waals surface area contributed by atoms with Gasteiger partial charge in [0.25, 0.3) is 0 Å². The van der Waals surface area contributed by atoms with E-state index in [1.54, 1.807) is 24.3 Å². The van der Waals surface area contributed by atoms with Crippen LogP contribution in [0.4, 0.5) is 0 Å². The number of hydrogen-bond donors (Lipinski definition) is 1. The van der Waals surface area contributed by atoms with E-state index in [-0.39, 0.29) is 5.75 Å². The van der Waals surface area contributed by atoms with Crippen LogP contribution in [0.2, 0.25) is 5.02 Å². The van der Waals surface area contributed by atoms with Crippen molar-refractivity contribution in [2.45, 2.75) is 11.8 Å². The molecule has 0 spiro atoms. The van der Waals surface area contributed by atoms with Crippen molar-refractivity contribution in [1.29, 1.82) is 0 Å². The molecule has 1 rings (SSSR count). The molecular formula is C10H11ClO3S. The van der Waals surface area contributed by atoms with E-state index in [2.05, 4.69) is 0 Å². The van der Waals surface area contributed by atoms with Crippen LogP contribution in [0.15, 0.2) is 29.2 Å². The van der Waals surface area contributed by atoms with E-state index in [4.69, 9.17) is 16.7 Å². The summed E-state index contributed by atoms with van der Waals surface area (Å²) in [5.74, 6) is -1.42. The van der Waals surface area contributed by atoms with Crippen LogP contribution in [-0.2, 0) is 15.6 Å². The second-order valence-corrected chi connectivity index (χ2v) is 5.14. The van der Waals surface area contributed by atoms with Gasteiger partial charge in [-0.1, -0.05) is 18.5 Å². The molecule has 0 fully saturated rings. The molecule has 0 aromatic heterocycles. The first-order chi connectivity index (χ1) is 7.00. The zero-order valence-corrected chi connectivity index (χ0v) is 9.72. The van der Waals surface area contributed by atoms with Crippen molar-refractivity contribution in [2.75, 3.05) is 5.75 Å². The van der Waals surface area contributed by atoms with Crippen LogP contribution in [0.1, 0.15) is 6.92 Å². The number of rotatable bonds is 4. The lowest BCUT2D eigenvalue weighted by molar-refractivity contribution is -0.140. The van der Waals surface area contributed by atoms with Gasteiger partial charge in [-0.05, 0) is 24.3 Å². The molecule has 0 saturated heterocycles. The summed E-state index contributed by atoms with van der Waals surface area (Å²) in [4.78, 5) is 11.2. The summed E-state index contributed by atoms with van der Waals surface area (Å²) < 4.78 is 11.7. The predicted molar refractivity (Wildman–Crippen MR) is 59.5 cm³/mol. The lowest BCUT2D eigenvalue weighted by Gasteiger charge is -2.05. The van der Waals surface area contributed by atoms with Gasteiger partial charge in [0.1, 0.15) is 0 Å². The fourth-order valence-corrected chi connectivity index (χ4v) is 2.34. The Balaban J connectivity index is 2.69. The average molecular weight is 247 g/mol. The van der Waals surface area contributed by atoms with E-state index in [1.165, 1.54) is 6.92 Å². The third kappa shape index (κ3) is 3.64. The number of benzene rings is 1. The van der Waals surface area contributed by atoms with Crippen molar-refractivity contribution in [3.63, 3.8) is 0 Å². The maximum absolute atomic E-state index is 11.7. The van der Waals surface area contributed by atoms with Gasteiger partial charge in [0.05, 0.1) is 16.7 Å². The molecule has 0 aliphatic heterocycles. The second-order valence-electron chi connectivity index (χ2n) is 3.21. The average Bonchev–Trinajstić information content (AvgIpc) is 2.18. The largest absolute Gasteiger partial charge is 0.481 e. The van der Waals surface area contributed by atoms with Crippen LogP contribution in [0.5, 0.6) is 0 Å². The van der Waals surface area contributed by atoms with Crippen molar-refractivity contribution in [1.82, 2.24) is 0 Å². The van der Waals surface area contributed by atoms with Gasteiger partial charge in [-0.15, -0.1) is 0 Å². The molecule has 3 nitrogen and oxygen atoms in total. The zero-order valence-electron chi connectivity index (χ0n) is 8.14. The molecule has 1 N–H and O–H groups in total. The van der Waals surface area contributed by atoms with Crippen LogP contribution < -0.4 is 0 Å². The normalized spacial score (nSPS) is 14.5. The molecule has 2 unspecified atom stereocenters. The lowest BCUT2D eigenvalue weighted by Crippen LogP contribution is -2.17. The molecule has 0 amide bonds. The minimum absolute atomic E-state index is 0.122. The van der Waals surface area contributed by atoms with Gasteiger partial charge in [-0.25, -0.2) is 0 Å². The first-order valence-electron chi connectivity index (χ1n) is 4.37. The zero-order chi connectivity index (χ0) is 11.4. The first kappa shape index (κ1) is 12.2. The first-order valence-corrected chi connectivity index (χ1v) is 6.07. The maximum Gasteiger partial charge on any atom is 0.307 e. The van der Waals surface area contributed by atoms with E-state index >= 15 is 0 Å². The molecule has 0 aliphatic rings. The Labute approximate surface area is 95.5 Å². The summed E-state index contributed by atoms with van der Waals surface area (Å²) in [5, 5.41) is 9.24. The highest BCUT2D eigenvalue weighted by atomic mass is 35.5.